The largest absolute Gasteiger partial charge is 0.447 e. The Morgan fingerprint density at radius 1 is 1.24 bits per heavy atom. The SMILES string of the molecule is NC(=O)OCC(c1ccc2ccccc2c1)n1ncnn1. The van der Waals surface area contributed by atoms with Gasteiger partial charge in [0.1, 0.15) is 12.6 Å². The molecule has 1 heterocycles. The minimum absolute atomic E-state index is 0.0457. The van der Waals surface area contributed by atoms with Gasteiger partial charge in [0.25, 0.3) is 0 Å². The van der Waals surface area contributed by atoms with Crippen LogP contribution in [0.4, 0.5) is 4.79 Å². The number of amides is 1. The Labute approximate surface area is 120 Å². The molecule has 2 aromatic carbocycles. The molecule has 0 spiro atoms. The Bertz CT molecular complexity index is 757. The van der Waals surface area contributed by atoms with E-state index in [1.54, 1.807) is 0 Å². The van der Waals surface area contributed by atoms with Crippen LogP contribution < -0.4 is 5.73 Å². The Morgan fingerprint density at radius 2 is 2.05 bits per heavy atom. The van der Waals surface area contributed by atoms with Gasteiger partial charge in [-0.15, -0.1) is 10.2 Å². The zero-order chi connectivity index (χ0) is 14.7. The van der Waals surface area contributed by atoms with Crippen LogP contribution in [0.25, 0.3) is 10.8 Å². The van der Waals surface area contributed by atoms with Gasteiger partial charge in [-0.05, 0) is 27.6 Å². The summed E-state index contributed by atoms with van der Waals surface area (Å²) in [6, 6.07) is 13.6. The zero-order valence-corrected chi connectivity index (χ0v) is 11.1. The molecule has 7 heteroatoms. The molecular formula is C14H13N5O2. The lowest BCUT2D eigenvalue weighted by molar-refractivity contribution is 0.139. The number of carbonyl (C=O) groups is 1. The number of nitrogens with two attached hydrogens (primary N) is 1. The summed E-state index contributed by atoms with van der Waals surface area (Å²) in [6.07, 6.45) is 0.499. The Balaban J connectivity index is 1.99. The summed E-state index contributed by atoms with van der Waals surface area (Å²) in [6.45, 7) is 0.0457. The lowest BCUT2D eigenvalue weighted by Gasteiger charge is -2.16. The maximum absolute atomic E-state index is 10.9. The fourth-order valence-electron chi connectivity index (χ4n) is 2.19. The van der Waals surface area contributed by atoms with E-state index in [-0.39, 0.29) is 12.6 Å². The monoisotopic (exact) mass is 283 g/mol. The second-order valence-corrected chi connectivity index (χ2v) is 4.51. The summed E-state index contributed by atoms with van der Waals surface area (Å²) in [5.41, 5.74) is 5.95. The van der Waals surface area contributed by atoms with Gasteiger partial charge in [-0.3, -0.25) is 0 Å². The molecular weight excluding hydrogens is 270 g/mol. The van der Waals surface area contributed by atoms with Gasteiger partial charge in [0.2, 0.25) is 0 Å². The van der Waals surface area contributed by atoms with Crippen LogP contribution in [0.15, 0.2) is 48.8 Å². The average Bonchev–Trinajstić information content (AvgIpc) is 3.01. The first-order chi connectivity index (χ1) is 10.2. The van der Waals surface area contributed by atoms with Crippen molar-refractivity contribution in [3.05, 3.63) is 54.4 Å². The van der Waals surface area contributed by atoms with Crippen LogP contribution in [0.2, 0.25) is 0 Å². The molecule has 0 aliphatic heterocycles. The predicted octanol–water partition coefficient (Wildman–Crippen LogP) is 1.51. The summed E-state index contributed by atoms with van der Waals surface area (Å²) < 4.78 is 4.90. The first kappa shape index (κ1) is 13.0. The molecule has 1 unspecified atom stereocenters. The van der Waals surface area contributed by atoms with Gasteiger partial charge in [-0.2, -0.15) is 4.80 Å². The fraction of sp³-hybridized carbons (Fsp3) is 0.143. The molecule has 0 fully saturated rings. The molecule has 106 valence electrons. The van der Waals surface area contributed by atoms with E-state index in [1.807, 2.05) is 42.5 Å². The van der Waals surface area contributed by atoms with Crippen molar-refractivity contribution in [3.63, 3.8) is 0 Å². The van der Waals surface area contributed by atoms with Gasteiger partial charge in [0, 0.05) is 0 Å². The number of hydrogen-bond donors (Lipinski definition) is 1. The van der Waals surface area contributed by atoms with Gasteiger partial charge in [0.15, 0.2) is 6.33 Å². The average molecular weight is 283 g/mol. The molecule has 0 radical (unpaired) electrons. The fourth-order valence-corrected chi connectivity index (χ4v) is 2.19. The van der Waals surface area contributed by atoms with E-state index in [1.165, 1.54) is 11.1 Å². The first-order valence-electron chi connectivity index (χ1n) is 6.37. The number of tetrazole rings is 1. The van der Waals surface area contributed by atoms with Crippen molar-refractivity contribution < 1.29 is 9.53 Å². The Morgan fingerprint density at radius 3 is 2.76 bits per heavy atom. The van der Waals surface area contributed by atoms with Crippen molar-refractivity contribution in [3.8, 4) is 0 Å². The standard InChI is InChI=1S/C14H13N5O2/c15-14(20)21-8-13(19-17-9-16-18-19)12-6-5-10-3-1-2-4-11(10)7-12/h1-7,9,13H,8H2,(H2,15,20). The zero-order valence-electron chi connectivity index (χ0n) is 11.1. The second-order valence-electron chi connectivity index (χ2n) is 4.51. The number of hydrogen-bond acceptors (Lipinski definition) is 5. The Hall–Kier alpha value is -2.96. The highest BCUT2D eigenvalue weighted by Crippen LogP contribution is 2.22. The normalized spacial score (nSPS) is 12.2. The minimum atomic E-state index is -0.832. The quantitative estimate of drug-likeness (QED) is 0.783. The van der Waals surface area contributed by atoms with Crippen LogP contribution >= 0.6 is 0 Å². The molecule has 21 heavy (non-hydrogen) atoms. The van der Waals surface area contributed by atoms with E-state index in [9.17, 15) is 4.79 Å². The third-order valence-corrected chi connectivity index (χ3v) is 3.19. The molecule has 7 nitrogen and oxygen atoms in total. The van der Waals surface area contributed by atoms with Gasteiger partial charge in [0.05, 0.1) is 0 Å². The predicted molar refractivity (Wildman–Crippen MR) is 75.4 cm³/mol. The van der Waals surface area contributed by atoms with Crippen LogP contribution in [0, 0.1) is 0 Å². The van der Waals surface area contributed by atoms with E-state index in [0.29, 0.717) is 0 Å². The molecule has 0 bridgehead atoms. The van der Waals surface area contributed by atoms with Crippen molar-refractivity contribution in [1.29, 1.82) is 0 Å². The topological polar surface area (TPSA) is 95.9 Å². The molecule has 1 aromatic heterocycles. The molecule has 3 aromatic rings. The van der Waals surface area contributed by atoms with Crippen LogP contribution in [0.3, 0.4) is 0 Å². The van der Waals surface area contributed by atoms with Crippen molar-refractivity contribution in [2.45, 2.75) is 6.04 Å². The number of nitrogens with zero attached hydrogens (tertiary/aromatic N) is 4. The minimum Gasteiger partial charge on any atom is -0.447 e. The number of aromatic nitrogens is 4. The molecule has 3 rings (SSSR count). The summed E-state index contributed by atoms with van der Waals surface area (Å²) in [4.78, 5) is 12.2. The van der Waals surface area contributed by atoms with Crippen LogP contribution in [0.1, 0.15) is 11.6 Å². The van der Waals surface area contributed by atoms with Crippen molar-refractivity contribution in [2.75, 3.05) is 6.61 Å². The molecule has 2 N–H and O–H groups in total. The van der Waals surface area contributed by atoms with E-state index in [2.05, 4.69) is 15.4 Å². The summed E-state index contributed by atoms with van der Waals surface area (Å²) >= 11 is 0. The first-order valence-corrected chi connectivity index (χ1v) is 6.37. The van der Waals surface area contributed by atoms with E-state index in [0.717, 1.165) is 16.3 Å². The summed E-state index contributed by atoms with van der Waals surface area (Å²) in [5.74, 6) is 0. The highest BCUT2D eigenvalue weighted by molar-refractivity contribution is 5.83. The molecule has 0 aliphatic rings. The van der Waals surface area contributed by atoms with E-state index >= 15 is 0 Å². The number of ether oxygens (including phenoxy) is 1. The molecule has 0 saturated heterocycles. The number of rotatable bonds is 4. The highest BCUT2D eigenvalue weighted by Gasteiger charge is 2.18. The van der Waals surface area contributed by atoms with Gasteiger partial charge < -0.3 is 10.5 Å². The second kappa shape index (κ2) is 5.58. The maximum atomic E-state index is 10.9. The van der Waals surface area contributed by atoms with Gasteiger partial charge >= 0.3 is 6.09 Å². The Kier molecular flexibility index (Phi) is 3.46. The smallest absolute Gasteiger partial charge is 0.404 e. The van der Waals surface area contributed by atoms with E-state index < -0.39 is 6.09 Å². The van der Waals surface area contributed by atoms with Gasteiger partial charge in [-0.25, -0.2) is 4.79 Å². The number of fused-ring (bicyclic) bond motifs is 1. The van der Waals surface area contributed by atoms with Crippen molar-refractivity contribution in [2.24, 2.45) is 5.73 Å². The third kappa shape index (κ3) is 2.81. The number of primary amides is 1. The van der Waals surface area contributed by atoms with Crippen LogP contribution in [-0.2, 0) is 4.74 Å². The third-order valence-electron chi connectivity index (χ3n) is 3.19. The highest BCUT2D eigenvalue weighted by atomic mass is 16.5. The van der Waals surface area contributed by atoms with Crippen LogP contribution in [0.5, 0.6) is 0 Å². The lowest BCUT2D eigenvalue weighted by atomic mass is 10.0. The molecule has 0 saturated carbocycles. The number of carbonyl (C=O) groups excluding carboxylic acids is 1. The molecule has 1 amide bonds. The number of benzene rings is 2. The lowest BCUT2D eigenvalue weighted by Crippen LogP contribution is -2.24. The molecule has 1 atom stereocenters. The maximum Gasteiger partial charge on any atom is 0.404 e. The van der Waals surface area contributed by atoms with Crippen molar-refractivity contribution in [1.82, 2.24) is 20.2 Å². The van der Waals surface area contributed by atoms with E-state index in [4.69, 9.17) is 10.5 Å². The van der Waals surface area contributed by atoms with Crippen molar-refractivity contribution >= 4 is 16.9 Å². The molecule has 0 aliphatic carbocycles. The van der Waals surface area contributed by atoms with Gasteiger partial charge in [-0.1, -0.05) is 36.4 Å². The van der Waals surface area contributed by atoms with Crippen LogP contribution in [-0.4, -0.2) is 32.9 Å². The summed E-state index contributed by atoms with van der Waals surface area (Å²) in [5, 5.41) is 13.8. The summed E-state index contributed by atoms with van der Waals surface area (Å²) in [7, 11) is 0.